The van der Waals surface area contributed by atoms with Crippen molar-refractivity contribution in [1.82, 2.24) is 0 Å². The number of allylic oxidation sites excluding steroid dienone is 2. The fraction of sp³-hybridized carbons (Fsp3) is 0.143. The first-order valence-corrected chi connectivity index (χ1v) is 30.4. The molecule has 0 fully saturated rings. The summed E-state index contributed by atoms with van der Waals surface area (Å²) in [6.07, 6.45) is 0. The van der Waals surface area contributed by atoms with Gasteiger partial charge in [0.25, 0.3) is 0 Å². The van der Waals surface area contributed by atoms with Crippen LogP contribution in [0.15, 0.2) is 193 Å². The Morgan fingerprint density at radius 1 is 0.397 bits per heavy atom. The van der Waals surface area contributed by atoms with E-state index < -0.39 is 28.3 Å². The molecule has 0 spiro atoms. The summed E-state index contributed by atoms with van der Waals surface area (Å²) in [5, 5.41) is 8.71. The van der Waals surface area contributed by atoms with E-state index in [9.17, 15) is 0 Å². The molecular formula is C56H48SiZr. The fourth-order valence-electron chi connectivity index (χ4n) is 12.5. The first-order valence-electron chi connectivity index (χ1n) is 21.1. The van der Waals surface area contributed by atoms with Crippen molar-refractivity contribution in [3.8, 4) is 22.3 Å². The summed E-state index contributed by atoms with van der Waals surface area (Å²) >= 11 is -3.78. The van der Waals surface area contributed by atoms with E-state index in [1.54, 1.807) is 43.8 Å². The number of rotatable bonds is 6. The molecule has 2 aliphatic carbocycles. The van der Waals surface area contributed by atoms with Crippen molar-refractivity contribution in [1.29, 1.82) is 0 Å². The molecule has 0 aromatic heterocycles. The van der Waals surface area contributed by atoms with E-state index in [2.05, 4.69) is 209 Å². The molecule has 58 heavy (non-hydrogen) atoms. The summed E-state index contributed by atoms with van der Waals surface area (Å²) < 4.78 is 3.25. The molecule has 0 saturated carbocycles. The third kappa shape index (κ3) is 5.27. The van der Waals surface area contributed by atoms with Crippen molar-refractivity contribution in [3.05, 3.63) is 227 Å². The van der Waals surface area contributed by atoms with Crippen LogP contribution >= 0.6 is 0 Å². The van der Waals surface area contributed by atoms with Gasteiger partial charge >= 0.3 is 352 Å². The third-order valence-corrected chi connectivity index (χ3v) is 32.6. The van der Waals surface area contributed by atoms with Gasteiger partial charge < -0.3 is 0 Å². The molecule has 8 aromatic rings. The number of fused-ring (bicyclic) bond motifs is 10. The van der Waals surface area contributed by atoms with Gasteiger partial charge in [-0.3, -0.25) is 0 Å². The molecule has 0 N–H and O–H groups in total. The van der Waals surface area contributed by atoms with Gasteiger partial charge in [0, 0.05) is 0 Å². The summed E-state index contributed by atoms with van der Waals surface area (Å²) in [6.45, 7) is 10.6. The molecule has 2 heteroatoms. The zero-order chi connectivity index (χ0) is 39.2. The molecule has 4 bridgehead atoms. The van der Waals surface area contributed by atoms with Crippen LogP contribution in [-0.4, -0.2) is 8.07 Å². The summed E-state index contributed by atoms with van der Waals surface area (Å²) in [7, 11) is -2.39. The molecule has 0 amide bonds. The Balaban J connectivity index is 1.28. The van der Waals surface area contributed by atoms with Gasteiger partial charge in [-0.05, 0) is 0 Å². The van der Waals surface area contributed by atoms with Crippen molar-refractivity contribution < 1.29 is 20.3 Å². The van der Waals surface area contributed by atoms with Crippen molar-refractivity contribution in [2.24, 2.45) is 0 Å². The van der Waals surface area contributed by atoms with Gasteiger partial charge in [-0.1, -0.05) is 0 Å². The molecule has 2 unspecified atom stereocenters. The molecular weight excluding hydrogens is 792 g/mol. The zero-order valence-corrected chi connectivity index (χ0v) is 37.3. The summed E-state index contributed by atoms with van der Waals surface area (Å²) in [5.74, 6) is 0. The summed E-state index contributed by atoms with van der Waals surface area (Å²) in [6, 6.07) is 70.0. The van der Waals surface area contributed by atoms with Crippen molar-refractivity contribution >= 4 is 40.0 Å². The minimum atomic E-state index is -3.78. The monoisotopic (exact) mass is 838 g/mol. The van der Waals surface area contributed by atoms with Gasteiger partial charge in [0.1, 0.15) is 0 Å². The number of benzene rings is 8. The quantitative estimate of drug-likeness (QED) is 0.146. The van der Waals surface area contributed by atoms with E-state index in [4.69, 9.17) is 0 Å². The summed E-state index contributed by atoms with van der Waals surface area (Å²) in [5.41, 5.74) is 18.3. The summed E-state index contributed by atoms with van der Waals surface area (Å²) in [4.78, 5) is 0. The Labute approximate surface area is 349 Å². The van der Waals surface area contributed by atoms with E-state index in [-0.39, 0.29) is 0 Å². The molecule has 0 saturated heterocycles. The van der Waals surface area contributed by atoms with E-state index >= 15 is 0 Å². The van der Waals surface area contributed by atoms with Gasteiger partial charge in [-0.2, -0.15) is 0 Å². The Kier molecular flexibility index (Phi) is 8.51. The van der Waals surface area contributed by atoms with Gasteiger partial charge in [-0.25, -0.2) is 0 Å². The predicted molar refractivity (Wildman–Crippen MR) is 247 cm³/mol. The maximum atomic E-state index is 2.71. The van der Waals surface area contributed by atoms with Crippen LogP contribution < -0.4 is 0 Å². The van der Waals surface area contributed by atoms with Gasteiger partial charge in [-0.15, -0.1) is 0 Å². The fourth-order valence-corrected chi connectivity index (χ4v) is 34.7. The second-order valence-electron chi connectivity index (χ2n) is 17.8. The third-order valence-electron chi connectivity index (χ3n) is 14.3. The molecule has 0 radical (unpaired) electrons. The van der Waals surface area contributed by atoms with Crippen molar-refractivity contribution in [2.45, 2.75) is 42.5 Å². The molecule has 2 atom stereocenters. The Hall–Kier alpha value is -5.14. The predicted octanol–water partition coefficient (Wildman–Crippen LogP) is 15.0. The Bertz CT molecular complexity index is 2790. The molecule has 280 valence electrons. The van der Waals surface area contributed by atoms with E-state index in [0.717, 1.165) is 0 Å². The van der Waals surface area contributed by atoms with Crippen molar-refractivity contribution in [2.75, 3.05) is 0 Å². The average molecular weight is 840 g/mol. The first kappa shape index (κ1) is 36.0. The average Bonchev–Trinajstić information content (AvgIpc) is 3.76. The van der Waals surface area contributed by atoms with Crippen molar-refractivity contribution in [3.63, 3.8) is 0 Å². The molecule has 1 aliphatic heterocycles. The van der Waals surface area contributed by atoms with E-state index in [1.807, 2.05) is 0 Å². The molecule has 3 aliphatic rings. The Morgan fingerprint density at radius 2 is 0.759 bits per heavy atom. The zero-order valence-electron chi connectivity index (χ0n) is 33.9. The van der Waals surface area contributed by atoms with Crippen LogP contribution in [0, 0.1) is 0 Å². The van der Waals surface area contributed by atoms with Crippen LogP contribution in [0.5, 0.6) is 0 Å². The molecule has 0 nitrogen and oxygen atoms in total. The van der Waals surface area contributed by atoms with Crippen LogP contribution in [0.25, 0.3) is 54.2 Å². The molecule has 8 aromatic carbocycles. The van der Waals surface area contributed by atoms with Crippen LogP contribution in [0.2, 0.25) is 13.1 Å². The van der Waals surface area contributed by atoms with Crippen LogP contribution in [0.4, 0.5) is 0 Å². The van der Waals surface area contributed by atoms with Gasteiger partial charge in [0.15, 0.2) is 0 Å². The normalized spacial score (nSPS) is 18.6. The van der Waals surface area contributed by atoms with E-state index in [0.29, 0.717) is 7.25 Å². The molecule has 1 heterocycles. The topological polar surface area (TPSA) is 0 Å². The standard InChI is InChI=1S/C42H34Si.2C7H7.Zr/c1-27-25-31-17-11-23-37(35-21-9-15-29-13-5-7-19-33(29)35)39(31)41(27)43(3,4)42-28(2)26-32-18-12-24-38(40(32)42)36-22-10-16-30-14-6-8-20-34(30)36;2*1-7-5-3-2-4-6-7;/h5-26H,1-4H3;2*2-6H,1H2;. The first-order chi connectivity index (χ1) is 28.4. The minimum absolute atomic E-state index is 0.440. The van der Waals surface area contributed by atoms with Crippen LogP contribution in [-0.2, 0) is 28.5 Å². The molecule has 11 rings (SSSR count). The van der Waals surface area contributed by atoms with Gasteiger partial charge in [0.05, 0.1) is 0 Å². The SMILES string of the molecule is CC1=C2c3c(-c4cccc5ccccc45)cccc3[CH]1[Zr]([CH2]c1ccccc1)([CH2]c1ccccc1)[CH]1C(C)=C(c3c(-c4cccc5ccccc45)cccc31)[Si]2(C)C. The van der Waals surface area contributed by atoms with E-state index in [1.165, 1.54) is 63.2 Å². The van der Waals surface area contributed by atoms with Crippen LogP contribution in [0.3, 0.4) is 0 Å². The number of hydrogen-bond donors (Lipinski definition) is 0. The number of hydrogen-bond acceptors (Lipinski definition) is 0. The Morgan fingerprint density at radius 3 is 1.21 bits per heavy atom. The second-order valence-corrected chi connectivity index (χ2v) is 32.6. The maximum absolute atomic E-state index is 3.78. The second kappa shape index (κ2) is 13.7. The van der Waals surface area contributed by atoms with Gasteiger partial charge in [0.2, 0.25) is 0 Å². The van der Waals surface area contributed by atoms with Crippen LogP contribution in [0.1, 0.15) is 54.5 Å².